The number of imide groups is 1. The fourth-order valence-electron chi connectivity index (χ4n) is 5.26. The number of rotatable bonds is 5. The lowest BCUT2D eigenvalue weighted by Gasteiger charge is -2.32. The molecular weight excluding hydrogens is 439 g/mol. The summed E-state index contributed by atoms with van der Waals surface area (Å²) in [5.41, 5.74) is 2.57. The van der Waals surface area contributed by atoms with Gasteiger partial charge in [0.25, 0.3) is 5.91 Å². The number of benzene rings is 1. The van der Waals surface area contributed by atoms with Gasteiger partial charge in [-0.05, 0) is 67.6 Å². The Bertz CT molecular complexity index is 1150. The van der Waals surface area contributed by atoms with E-state index in [0.717, 1.165) is 42.9 Å². The van der Waals surface area contributed by atoms with Gasteiger partial charge in [0, 0.05) is 31.3 Å². The molecule has 2 fully saturated rings. The highest BCUT2D eigenvalue weighted by molar-refractivity contribution is 6.05. The van der Waals surface area contributed by atoms with Crippen molar-refractivity contribution in [1.82, 2.24) is 20.1 Å². The number of carbonyl (C=O) groups excluding carboxylic acids is 3. The van der Waals surface area contributed by atoms with E-state index in [1.165, 1.54) is 11.0 Å². The fraction of sp³-hybridized carbons (Fsp3) is 0.440. The zero-order chi connectivity index (χ0) is 23.8. The molecule has 1 atom stereocenters. The maximum atomic E-state index is 15.1. The minimum Gasteiger partial charge on any atom is -0.495 e. The van der Waals surface area contributed by atoms with Gasteiger partial charge in [-0.25, -0.2) is 4.39 Å². The number of nitrogens with one attached hydrogen (secondary N) is 1. The molecule has 2 aromatic rings. The Hall–Kier alpha value is -3.33. The first-order chi connectivity index (χ1) is 16.4. The molecule has 1 N–H and O–H groups in total. The number of aromatic nitrogens is 1. The quantitative estimate of drug-likeness (QED) is 0.681. The number of pyridine rings is 1. The molecule has 5 rings (SSSR count). The van der Waals surface area contributed by atoms with Gasteiger partial charge < -0.3 is 9.64 Å². The summed E-state index contributed by atoms with van der Waals surface area (Å²) in [4.78, 5) is 44.8. The average Bonchev–Trinajstić information content (AvgIpc) is 3.14. The van der Waals surface area contributed by atoms with Gasteiger partial charge in [-0.2, -0.15) is 0 Å². The van der Waals surface area contributed by atoms with Crippen molar-refractivity contribution in [3.63, 3.8) is 0 Å². The van der Waals surface area contributed by atoms with Crippen LogP contribution in [0.1, 0.15) is 58.8 Å². The predicted octanol–water partition coefficient (Wildman–Crippen LogP) is 2.37. The van der Waals surface area contributed by atoms with Crippen LogP contribution in [0.2, 0.25) is 0 Å². The second-order valence-corrected chi connectivity index (χ2v) is 9.13. The highest BCUT2D eigenvalue weighted by atomic mass is 19.1. The van der Waals surface area contributed by atoms with Crippen LogP contribution < -0.4 is 10.1 Å². The number of carbonyl (C=O) groups is 3. The maximum absolute atomic E-state index is 15.1. The van der Waals surface area contributed by atoms with E-state index < -0.39 is 11.9 Å². The molecule has 9 heteroatoms. The van der Waals surface area contributed by atoms with Gasteiger partial charge >= 0.3 is 0 Å². The second kappa shape index (κ2) is 9.13. The number of methoxy groups -OCH3 is 1. The first-order valence-electron chi connectivity index (χ1n) is 11.6. The third kappa shape index (κ3) is 4.16. The number of nitrogens with zero attached hydrogens (tertiary/aromatic N) is 3. The van der Waals surface area contributed by atoms with Crippen molar-refractivity contribution in [2.45, 2.75) is 50.7 Å². The summed E-state index contributed by atoms with van der Waals surface area (Å²) in [7, 11) is 1.63. The number of likely N-dealkylation sites (tertiary alicyclic amines) is 1. The maximum Gasteiger partial charge on any atom is 0.255 e. The van der Waals surface area contributed by atoms with Crippen LogP contribution >= 0.6 is 0 Å². The molecule has 0 saturated carbocycles. The highest BCUT2D eigenvalue weighted by Gasteiger charge is 2.40. The number of ether oxygens (including phenoxy) is 1. The molecule has 3 amide bonds. The predicted molar refractivity (Wildman–Crippen MR) is 120 cm³/mol. The van der Waals surface area contributed by atoms with Gasteiger partial charge in [0.1, 0.15) is 17.6 Å². The van der Waals surface area contributed by atoms with Crippen LogP contribution in [0.3, 0.4) is 0 Å². The number of halogens is 1. The summed E-state index contributed by atoms with van der Waals surface area (Å²) in [6.07, 6.45) is 3.84. The topological polar surface area (TPSA) is 91.8 Å². The zero-order valence-electron chi connectivity index (χ0n) is 19.1. The Morgan fingerprint density at radius 3 is 2.71 bits per heavy atom. The lowest BCUT2D eigenvalue weighted by Crippen LogP contribution is -2.52. The van der Waals surface area contributed by atoms with E-state index in [1.54, 1.807) is 19.4 Å². The minimum absolute atomic E-state index is 0.0620. The van der Waals surface area contributed by atoms with E-state index in [4.69, 9.17) is 4.74 Å². The first kappa shape index (κ1) is 22.5. The smallest absolute Gasteiger partial charge is 0.255 e. The van der Waals surface area contributed by atoms with Crippen LogP contribution in [0.25, 0.3) is 0 Å². The third-order valence-corrected chi connectivity index (χ3v) is 7.11. The molecule has 0 radical (unpaired) electrons. The van der Waals surface area contributed by atoms with Crippen molar-refractivity contribution in [1.29, 1.82) is 0 Å². The average molecular weight is 467 g/mol. The monoisotopic (exact) mass is 466 g/mol. The van der Waals surface area contributed by atoms with Crippen LogP contribution in [0.5, 0.6) is 5.75 Å². The molecule has 8 nitrogen and oxygen atoms in total. The van der Waals surface area contributed by atoms with Crippen molar-refractivity contribution >= 4 is 17.7 Å². The highest BCUT2D eigenvalue weighted by Crippen LogP contribution is 2.36. The van der Waals surface area contributed by atoms with Crippen molar-refractivity contribution in [3.8, 4) is 5.75 Å². The SMILES string of the molecule is COc1cccnc1CN1CCC(c2cc3c(cc2F)C(=O)N(C2CCC(=O)NC2=O)C3)CC1. The van der Waals surface area contributed by atoms with Gasteiger partial charge in [-0.15, -0.1) is 0 Å². The van der Waals surface area contributed by atoms with Gasteiger partial charge in [-0.1, -0.05) is 6.07 Å². The summed E-state index contributed by atoms with van der Waals surface area (Å²) in [5, 5.41) is 2.29. The number of amides is 3. The molecule has 34 heavy (non-hydrogen) atoms. The van der Waals surface area contributed by atoms with E-state index in [0.29, 0.717) is 24.1 Å². The molecule has 3 aliphatic rings. The van der Waals surface area contributed by atoms with Crippen molar-refractivity contribution in [2.24, 2.45) is 0 Å². The molecule has 1 aromatic carbocycles. The molecule has 0 spiro atoms. The number of hydrogen-bond donors (Lipinski definition) is 1. The van der Waals surface area contributed by atoms with Crippen LogP contribution in [-0.2, 0) is 22.7 Å². The minimum atomic E-state index is -0.698. The summed E-state index contributed by atoms with van der Waals surface area (Å²) in [5.74, 6) is -0.691. The van der Waals surface area contributed by atoms with E-state index in [2.05, 4.69) is 15.2 Å². The Balaban J connectivity index is 1.27. The third-order valence-electron chi connectivity index (χ3n) is 7.11. The lowest BCUT2D eigenvalue weighted by molar-refractivity contribution is -0.136. The Kier molecular flexibility index (Phi) is 6.03. The Morgan fingerprint density at radius 2 is 1.97 bits per heavy atom. The summed E-state index contributed by atoms with van der Waals surface area (Å²) in [6.45, 7) is 2.55. The van der Waals surface area contributed by atoms with E-state index in [9.17, 15) is 14.4 Å². The lowest BCUT2D eigenvalue weighted by atomic mass is 9.87. The van der Waals surface area contributed by atoms with Gasteiger partial charge in [-0.3, -0.25) is 29.6 Å². The van der Waals surface area contributed by atoms with Gasteiger partial charge in [0.15, 0.2) is 0 Å². The largest absolute Gasteiger partial charge is 0.495 e. The molecule has 2 saturated heterocycles. The summed E-state index contributed by atoms with van der Waals surface area (Å²) < 4.78 is 20.5. The van der Waals surface area contributed by atoms with Gasteiger partial charge in [0.05, 0.1) is 12.8 Å². The Labute approximate surface area is 197 Å². The molecule has 0 bridgehead atoms. The summed E-state index contributed by atoms with van der Waals surface area (Å²) in [6, 6.07) is 6.17. The molecular formula is C25H27FN4O4. The fourth-order valence-corrected chi connectivity index (χ4v) is 5.26. The molecule has 1 aromatic heterocycles. The summed E-state index contributed by atoms with van der Waals surface area (Å²) >= 11 is 0. The standard InChI is InChI=1S/C25H27FN4O4/c1-34-22-3-2-8-27-20(22)14-29-9-6-15(7-10-29)17-11-16-13-30(25(33)18(16)12-19(17)26)21-4-5-23(31)28-24(21)32/h2-3,8,11-12,15,21H,4-7,9-10,13-14H2,1H3,(H,28,31,32). The van der Waals surface area contributed by atoms with Crippen LogP contribution in [0.15, 0.2) is 30.5 Å². The number of piperidine rings is 2. The van der Waals surface area contributed by atoms with E-state index in [1.807, 2.05) is 12.1 Å². The molecule has 0 aliphatic carbocycles. The molecule has 3 aliphatic heterocycles. The van der Waals surface area contributed by atoms with E-state index in [-0.39, 0.29) is 36.5 Å². The zero-order valence-corrected chi connectivity index (χ0v) is 19.1. The van der Waals surface area contributed by atoms with E-state index >= 15 is 4.39 Å². The van der Waals surface area contributed by atoms with Gasteiger partial charge in [0.2, 0.25) is 11.8 Å². The second-order valence-electron chi connectivity index (χ2n) is 9.13. The van der Waals surface area contributed by atoms with Crippen LogP contribution in [-0.4, -0.2) is 58.7 Å². The van der Waals surface area contributed by atoms with Crippen LogP contribution in [0.4, 0.5) is 4.39 Å². The van der Waals surface area contributed by atoms with Crippen molar-refractivity contribution in [2.75, 3.05) is 20.2 Å². The van der Waals surface area contributed by atoms with Crippen molar-refractivity contribution < 1.29 is 23.5 Å². The molecule has 1 unspecified atom stereocenters. The first-order valence-corrected chi connectivity index (χ1v) is 11.6. The normalized spacial score (nSPS) is 21.5. The Morgan fingerprint density at radius 1 is 1.18 bits per heavy atom. The molecule has 178 valence electrons. The van der Waals surface area contributed by atoms with Crippen molar-refractivity contribution in [3.05, 3.63) is 58.7 Å². The number of fused-ring (bicyclic) bond motifs is 1. The number of hydrogen-bond acceptors (Lipinski definition) is 6. The van der Waals surface area contributed by atoms with Crippen LogP contribution in [0, 0.1) is 5.82 Å². The molecule has 4 heterocycles.